The van der Waals surface area contributed by atoms with E-state index in [-0.39, 0.29) is 12.5 Å². The van der Waals surface area contributed by atoms with Crippen LogP contribution in [0.1, 0.15) is 13.8 Å². The van der Waals surface area contributed by atoms with Gasteiger partial charge in [0.1, 0.15) is 0 Å². The first kappa shape index (κ1) is 8.88. The molecule has 0 saturated carbocycles. The molecule has 3 nitrogen and oxygen atoms in total. The Morgan fingerprint density at radius 2 is 2.00 bits per heavy atom. The maximum Gasteiger partial charge on any atom is 0.0474 e. The smallest absolute Gasteiger partial charge is 0.0474 e. The molecule has 0 spiro atoms. The van der Waals surface area contributed by atoms with Gasteiger partial charge in [0.15, 0.2) is 0 Å². The fourth-order valence-corrected chi connectivity index (χ4v) is 0.628. The Labute approximate surface area is 55.7 Å². The number of rotatable bonds is 4. The van der Waals surface area contributed by atoms with Crippen LogP contribution in [0.4, 0.5) is 0 Å². The van der Waals surface area contributed by atoms with Gasteiger partial charge in [0.2, 0.25) is 0 Å². The molecule has 0 amide bonds. The number of hydrogen-bond donors (Lipinski definition) is 3. The predicted octanol–water partition coefficient (Wildman–Crippen LogP) is 0.230. The van der Waals surface area contributed by atoms with Crippen molar-refractivity contribution in [1.29, 1.82) is 0 Å². The maximum atomic E-state index is 8.68. The van der Waals surface area contributed by atoms with Crippen molar-refractivity contribution in [3.63, 3.8) is 0 Å². The number of hydrogen-bond acceptors (Lipinski definition) is 3. The first-order chi connectivity index (χ1) is 4.22. The minimum atomic E-state index is 0.130. The fraction of sp³-hybridized carbons (Fsp3) is 1.00. The molecule has 9 heavy (non-hydrogen) atoms. The Kier molecular flexibility index (Phi) is 4.67. The van der Waals surface area contributed by atoms with Crippen LogP contribution >= 0.6 is 0 Å². The van der Waals surface area contributed by atoms with Crippen LogP contribution in [-0.2, 0) is 0 Å². The summed E-state index contributed by atoms with van der Waals surface area (Å²) in [5.74, 6) is 0.574. The number of nitrogens with one attached hydrogen (secondary N) is 1. The normalized spacial score (nSPS) is 14.3. The number of hydroxylamine groups is 1. The molecule has 1 atom stereocenters. The first-order valence-electron chi connectivity index (χ1n) is 3.20. The summed E-state index contributed by atoms with van der Waals surface area (Å²) in [4.78, 5) is 0. The second-order valence-corrected chi connectivity index (χ2v) is 2.55. The van der Waals surface area contributed by atoms with Crippen molar-refractivity contribution in [2.45, 2.75) is 13.8 Å². The van der Waals surface area contributed by atoms with E-state index >= 15 is 0 Å². The van der Waals surface area contributed by atoms with Gasteiger partial charge in [0, 0.05) is 13.2 Å². The molecule has 0 saturated heterocycles. The van der Waals surface area contributed by atoms with Crippen molar-refractivity contribution in [2.75, 3.05) is 13.2 Å². The van der Waals surface area contributed by atoms with Crippen molar-refractivity contribution in [1.82, 2.24) is 5.48 Å². The van der Waals surface area contributed by atoms with Gasteiger partial charge in [-0.1, -0.05) is 13.8 Å². The summed E-state index contributed by atoms with van der Waals surface area (Å²) in [5.41, 5.74) is 2.04. The average Bonchev–Trinajstić information content (AvgIpc) is 1.82. The highest BCUT2D eigenvalue weighted by molar-refractivity contribution is 4.61. The molecule has 0 fully saturated rings. The summed E-state index contributed by atoms with van der Waals surface area (Å²) in [6.45, 7) is 4.62. The van der Waals surface area contributed by atoms with Crippen LogP contribution in [-0.4, -0.2) is 23.5 Å². The zero-order valence-electron chi connectivity index (χ0n) is 5.96. The highest BCUT2D eigenvalue weighted by Crippen LogP contribution is 2.07. The van der Waals surface area contributed by atoms with Gasteiger partial charge in [-0.2, -0.15) is 0 Å². The monoisotopic (exact) mass is 133 g/mol. The van der Waals surface area contributed by atoms with Gasteiger partial charge in [0.25, 0.3) is 0 Å². The van der Waals surface area contributed by atoms with E-state index in [0.717, 1.165) is 0 Å². The summed E-state index contributed by atoms with van der Waals surface area (Å²) in [7, 11) is 0. The third-order valence-corrected chi connectivity index (χ3v) is 1.53. The highest BCUT2D eigenvalue weighted by atomic mass is 16.5. The summed E-state index contributed by atoms with van der Waals surface area (Å²) in [5, 5.41) is 16.9. The lowest BCUT2D eigenvalue weighted by atomic mass is 9.97. The van der Waals surface area contributed by atoms with Gasteiger partial charge in [-0.3, -0.25) is 0 Å². The molecule has 1 unspecified atom stereocenters. The minimum absolute atomic E-state index is 0.130. The summed E-state index contributed by atoms with van der Waals surface area (Å²) < 4.78 is 0. The van der Waals surface area contributed by atoms with Gasteiger partial charge < -0.3 is 10.3 Å². The van der Waals surface area contributed by atoms with Crippen LogP contribution in [0.15, 0.2) is 0 Å². The Morgan fingerprint density at radius 1 is 1.44 bits per heavy atom. The lowest BCUT2D eigenvalue weighted by molar-refractivity contribution is 0.107. The van der Waals surface area contributed by atoms with Crippen molar-refractivity contribution in [3.05, 3.63) is 0 Å². The van der Waals surface area contributed by atoms with E-state index in [4.69, 9.17) is 10.3 Å². The Balaban J connectivity index is 3.41. The molecule has 0 rings (SSSR count). The van der Waals surface area contributed by atoms with E-state index < -0.39 is 0 Å². The SMILES string of the molecule is CC(C)C(CO)CNO. The Hall–Kier alpha value is -0.120. The zero-order chi connectivity index (χ0) is 7.28. The van der Waals surface area contributed by atoms with Crippen LogP contribution < -0.4 is 5.48 Å². The molecule has 0 aliphatic carbocycles. The molecular formula is C6H15NO2. The summed E-state index contributed by atoms with van der Waals surface area (Å²) in [6.07, 6.45) is 0. The number of aliphatic hydroxyl groups excluding tert-OH is 1. The molecule has 0 bridgehead atoms. The molecule has 3 N–H and O–H groups in total. The van der Waals surface area contributed by atoms with Gasteiger partial charge in [-0.15, -0.1) is 0 Å². The third kappa shape index (κ3) is 3.46. The van der Waals surface area contributed by atoms with Gasteiger partial charge in [-0.05, 0) is 11.8 Å². The Bertz CT molecular complexity index is 66.1. The standard InChI is InChI=1S/C6H15NO2/c1-5(2)6(4-8)3-7-9/h5-9H,3-4H2,1-2H3. The van der Waals surface area contributed by atoms with Crippen LogP contribution in [0.2, 0.25) is 0 Å². The fourth-order valence-electron chi connectivity index (χ4n) is 0.628. The van der Waals surface area contributed by atoms with Crippen LogP contribution in [0.25, 0.3) is 0 Å². The van der Waals surface area contributed by atoms with Crippen LogP contribution in [0, 0.1) is 11.8 Å². The first-order valence-corrected chi connectivity index (χ1v) is 3.20. The quantitative estimate of drug-likeness (QED) is 0.481. The van der Waals surface area contributed by atoms with Crippen molar-refractivity contribution in [2.24, 2.45) is 11.8 Å². The lowest BCUT2D eigenvalue weighted by Crippen LogP contribution is -2.26. The van der Waals surface area contributed by atoms with Gasteiger partial charge in [-0.25, -0.2) is 5.48 Å². The van der Waals surface area contributed by atoms with Crippen molar-refractivity contribution < 1.29 is 10.3 Å². The second kappa shape index (κ2) is 4.73. The second-order valence-electron chi connectivity index (χ2n) is 2.55. The average molecular weight is 133 g/mol. The lowest BCUT2D eigenvalue weighted by Gasteiger charge is -2.15. The van der Waals surface area contributed by atoms with Crippen LogP contribution in [0.5, 0.6) is 0 Å². The van der Waals surface area contributed by atoms with E-state index in [1.54, 1.807) is 0 Å². The van der Waals surface area contributed by atoms with E-state index in [1.165, 1.54) is 0 Å². The molecule has 3 heteroatoms. The minimum Gasteiger partial charge on any atom is -0.396 e. The van der Waals surface area contributed by atoms with E-state index in [0.29, 0.717) is 12.5 Å². The van der Waals surface area contributed by atoms with Gasteiger partial charge in [0.05, 0.1) is 0 Å². The molecule has 56 valence electrons. The molecule has 0 aliphatic rings. The van der Waals surface area contributed by atoms with Gasteiger partial charge >= 0.3 is 0 Å². The third-order valence-electron chi connectivity index (χ3n) is 1.53. The molecule has 0 aromatic heterocycles. The van der Waals surface area contributed by atoms with Crippen LogP contribution in [0.3, 0.4) is 0 Å². The predicted molar refractivity (Wildman–Crippen MR) is 35.2 cm³/mol. The highest BCUT2D eigenvalue weighted by Gasteiger charge is 2.10. The number of aliphatic hydroxyl groups is 1. The zero-order valence-corrected chi connectivity index (χ0v) is 5.96. The molecule has 0 radical (unpaired) electrons. The van der Waals surface area contributed by atoms with Crippen molar-refractivity contribution >= 4 is 0 Å². The van der Waals surface area contributed by atoms with E-state index in [2.05, 4.69) is 0 Å². The Morgan fingerprint density at radius 3 is 2.11 bits per heavy atom. The van der Waals surface area contributed by atoms with E-state index in [9.17, 15) is 0 Å². The summed E-state index contributed by atoms with van der Waals surface area (Å²) >= 11 is 0. The largest absolute Gasteiger partial charge is 0.396 e. The molecule has 0 aromatic rings. The van der Waals surface area contributed by atoms with E-state index in [1.807, 2.05) is 19.3 Å². The van der Waals surface area contributed by atoms with Crippen molar-refractivity contribution in [3.8, 4) is 0 Å². The topological polar surface area (TPSA) is 52.5 Å². The maximum absolute atomic E-state index is 8.68. The molecule has 0 aliphatic heterocycles. The summed E-state index contributed by atoms with van der Waals surface area (Å²) in [6, 6.07) is 0. The molecule has 0 aromatic carbocycles. The molecular weight excluding hydrogens is 118 g/mol. The molecule has 0 heterocycles.